The van der Waals surface area contributed by atoms with Crippen LogP contribution in [0.1, 0.15) is 11.1 Å². The third kappa shape index (κ3) is 4.89. The number of carbonyl (C=O) groups excluding carboxylic acids is 1. The molecule has 2 aromatic rings. The Kier molecular flexibility index (Phi) is 6.85. The number of allylic oxidation sites excluding steroid dienone is 2. The lowest BCUT2D eigenvalue weighted by Gasteiger charge is -2.11. The average Bonchev–Trinajstić information content (AvgIpc) is 2.64. The summed E-state index contributed by atoms with van der Waals surface area (Å²) in [4.78, 5) is 12.0. The standard InChI is InChI=1S/C21H22O5/c1-5-7-15-9-11-17(13-19(15)23-3)25-21(22)26-18-12-10-16(8-6-2)20(14-18)24-4/h5-6,9-14H,1-2,7-8H2,3-4H3. The molecule has 2 rings (SSSR count). The number of benzene rings is 2. The molecule has 0 heterocycles. The Bertz CT molecular complexity index is 729. The molecule has 26 heavy (non-hydrogen) atoms. The minimum absolute atomic E-state index is 0.329. The van der Waals surface area contributed by atoms with E-state index in [1.54, 1.807) is 50.6 Å². The van der Waals surface area contributed by atoms with Crippen molar-refractivity contribution >= 4 is 6.16 Å². The van der Waals surface area contributed by atoms with Crippen LogP contribution in [-0.4, -0.2) is 20.4 Å². The Labute approximate surface area is 153 Å². The number of rotatable bonds is 8. The fraction of sp³-hybridized carbons (Fsp3) is 0.190. The van der Waals surface area contributed by atoms with Gasteiger partial charge in [0.1, 0.15) is 23.0 Å². The number of carbonyl (C=O) groups is 1. The lowest BCUT2D eigenvalue weighted by molar-refractivity contribution is 0.151. The van der Waals surface area contributed by atoms with Crippen molar-refractivity contribution in [2.45, 2.75) is 12.8 Å². The Balaban J connectivity index is 2.09. The van der Waals surface area contributed by atoms with Gasteiger partial charge in [-0.3, -0.25) is 0 Å². The summed E-state index contributed by atoms with van der Waals surface area (Å²) < 4.78 is 21.0. The first-order chi connectivity index (χ1) is 12.6. The van der Waals surface area contributed by atoms with E-state index < -0.39 is 6.16 Å². The van der Waals surface area contributed by atoms with Crippen LogP contribution < -0.4 is 18.9 Å². The van der Waals surface area contributed by atoms with E-state index in [0.717, 1.165) is 11.1 Å². The van der Waals surface area contributed by atoms with Gasteiger partial charge in [0.25, 0.3) is 0 Å². The van der Waals surface area contributed by atoms with Crippen LogP contribution in [0.5, 0.6) is 23.0 Å². The van der Waals surface area contributed by atoms with Crippen molar-refractivity contribution in [3.8, 4) is 23.0 Å². The van der Waals surface area contributed by atoms with Crippen molar-refractivity contribution in [1.82, 2.24) is 0 Å². The van der Waals surface area contributed by atoms with Crippen LogP contribution in [0.15, 0.2) is 61.7 Å². The molecule has 0 bridgehead atoms. The van der Waals surface area contributed by atoms with E-state index in [9.17, 15) is 4.79 Å². The highest BCUT2D eigenvalue weighted by atomic mass is 16.7. The van der Waals surface area contributed by atoms with Gasteiger partial charge in [0.2, 0.25) is 0 Å². The molecule has 5 nitrogen and oxygen atoms in total. The predicted octanol–water partition coefficient (Wildman–Crippen LogP) is 4.74. The molecule has 5 heteroatoms. The van der Waals surface area contributed by atoms with Crippen molar-refractivity contribution in [3.63, 3.8) is 0 Å². The van der Waals surface area contributed by atoms with Gasteiger partial charge in [0.05, 0.1) is 14.2 Å². The third-order valence-corrected chi connectivity index (χ3v) is 3.65. The fourth-order valence-electron chi connectivity index (χ4n) is 2.44. The molecule has 0 unspecified atom stereocenters. The van der Waals surface area contributed by atoms with Gasteiger partial charge in [-0.25, -0.2) is 4.79 Å². The highest BCUT2D eigenvalue weighted by Gasteiger charge is 2.12. The summed E-state index contributed by atoms with van der Waals surface area (Å²) in [5.74, 6) is 1.89. The van der Waals surface area contributed by atoms with Crippen LogP contribution in [0.2, 0.25) is 0 Å². The zero-order valence-corrected chi connectivity index (χ0v) is 15.0. The van der Waals surface area contributed by atoms with E-state index in [0.29, 0.717) is 35.8 Å². The maximum absolute atomic E-state index is 12.0. The van der Waals surface area contributed by atoms with Crippen LogP contribution in [0.3, 0.4) is 0 Å². The van der Waals surface area contributed by atoms with Gasteiger partial charge in [-0.1, -0.05) is 24.3 Å². The molecule has 0 aliphatic carbocycles. The van der Waals surface area contributed by atoms with Crippen molar-refractivity contribution in [1.29, 1.82) is 0 Å². The highest BCUT2D eigenvalue weighted by Crippen LogP contribution is 2.27. The van der Waals surface area contributed by atoms with E-state index in [2.05, 4.69) is 13.2 Å². The van der Waals surface area contributed by atoms with E-state index in [1.165, 1.54) is 0 Å². The summed E-state index contributed by atoms with van der Waals surface area (Å²) >= 11 is 0. The first kappa shape index (κ1) is 19.1. The van der Waals surface area contributed by atoms with Crippen LogP contribution in [0, 0.1) is 0 Å². The molecule has 0 spiro atoms. The molecule has 0 aromatic heterocycles. The second kappa shape index (κ2) is 9.32. The lowest BCUT2D eigenvalue weighted by Crippen LogP contribution is -2.14. The van der Waals surface area contributed by atoms with Crippen LogP contribution in [-0.2, 0) is 12.8 Å². The van der Waals surface area contributed by atoms with Crippen molar-refractivity contribution < 1.29 is 23.7 Å². The number of hydrogen-bond acceptors (Lipinski definition) is 5. The SMILES string of the molecule is C=CCc1ccc(OC(=O)Oc2ccc(CC=C)c(OC)c2)cc1OC. The fourth-order valence-corrected chi connectivity index (χ4v) is 2.44. The molecule has 0 radical (unpaired) electrons. The molecule has 0 saturated heterocycles. The molecule has 0 atom stereocenters. The Morgan fingerprint density at radius 2 is 1.27 bits per heavy atom. The summed E-state index contributed by atoms with van der Waals surface area (Å²) in [6, 6.07) is 10.3. The number of ether oxygens (including phenoxy) is 4. The smallest absolute Gasteiger partial charge is 0.496 e. The lowest BCUT2D eigenvalue weighted by atomic mass is 10.1. The van der Waals surface area contributed by atoms with Crippen LogP contribution in [0.25, 0.3) is 0 Å². The Hall–Kier alpha value is -3.21. The largest absolute Gasteiger partial charge is 0.519 e. The highest BCUT2D eigenvalue weighted by molar-refractivity contribution is 5.68. The van der Waals surface area contributed by atoms with Gasteiger partial charge in [-0.2, -0.15) is 0 Å². The summed E-state index contributed by atoms with van der Waals surface area (Å²) in [7, 11) is 3.11. The van der Waals surface area contributed by atoms with Crippen LogP contribution in [0.4, 0.5) is 4.79 Å². The Morgan fingerprint density at radius 1 is 0.846 bits per heavy atom. The van der Waals surface area contributed by atoms with Gasteiger partial charge in [-0.05, 0) is 36.1 Å². The van der Waals surface area contributed by atoms with Gasteiger partial charge in [-0.15, -0.1) is 13.2 Å². The topological polar surface area (TPSA) is 54.0 Å². The molecular formula is C21H22O5. The summed E-state index contributed by atoms with van der Waals surface area (Å²) in [5.41, 5.74) is 1.90. The molecule has 0 amide bonds. The number of methoxy groups -OCH3 is 2. The molecule has 0 N–H and O–H groups in total. The zero-order chi connectivity index (χ0) is 18.9. The van der Waals surface area contributed by atoms with Crippen LogP contribution >= 0.6 is 0 Å². The van der Waals surface area contributed by atoms with Crippen molar-refractivity contribution in [2.75, 3.05) is 14.2 Å². The maximum Gasteiger partial charge on any atom is 0.519 e. The first-order valence-electron chi connectivity index (χ1n) is 8.06. The van der Waals surface area contributed by atoms with Gasteiger partial charge in [0.15, 0.2) is 0 Å². The second-order valence-corrected chi connectivity index (χ2v) is 5.39. The third-order valence-electron chi connectivity index (χ3n) is 3.65. The second-order valence-electron chi connectivity index (χ2n) is 5.39. The zero-order valence-electron chi connectivity index (χ0n) is 15.0. The average molecular weight is 354 g/mol. The molecular weight excluding hydrogens is 332 g/mol. The minimum Gasteiger partial charge on any atom is -0.496 e. The molecule has 0 fully saturated rings. The summed E-state index contributed by atoms with van der Waals surface area (Å²) in [6.07, 6.45) is 4.02. The molecule has 136 valence electrons. The monoisotopic (exact) mass is 354 g/mol. The minimum atomic E-state index is -0.845. The van der Waals surface area contributed by atoms with E-state index in [-0.39, 0.29) is 0 Å². The summed E-state index contributed by atoms with van der Waals surface area (Å²) in [5, 5.41) is 0. The predicted molar refractivity (Wildman–Crippen MR) is 100 cm³/mol. The molecule has 2 aromatic carbocycles. The molecule has 0 saturated carbocycles. The van der Waals surface area contributed by atoms with Gasteiger partial charge >= 0.3 is 6.16 Å². The molecule has 0 aliphatic rings. The first-order valence-corrected chi connectivity index (χ1v) is 8.06. The number of hydrogen-bond donors (Lipinski definition) is 0. The Morgan fingerprint density at radius 3 is 1.62 bits per heavy atom. The normalized spacial score (nSPS) is 9.92. The quantitative estimate of drug-likeness (QED) is 0.389. The van der Waals surface area contributed by atoms with Gasteiger partial charge in [0, 0.05) is 12.1 Å². The van der Waals surface area contributed by atoms with Crippen molar-refractivity contribution in [3.05, 3.63) is 72.8 Å². The molecule has 0 aliphatic heterocycles. The summed E-state index contributed by atoms with van der Waals surface area (Å²) in [6.45, 7) is 7.41. The van der Waals surface area contributed by atoms with E-state index in [4.69, 9.17) is 18.9 Å². The maximum atomic E-state index is 12.0. The van der Waals surface area contributed by atoms with E-state index in [1.807, 2.05) is 12.1 Å². The van der Waals surface area contributed by atoms with Gasteiger partial charge < -0.3 is 18.9 Å². The van der Waals surface area contributed by atoms with Crippen molar-refractivity contribution in [2.24, 2.45) is 0 Å². The van der Waals surface area contributed by atoms with E-state index >= 15 is 0 Å².